The lowest BCUT2D eigenvalue weighted by Gasteiger charge is -2.15. The van der Waals surface area contributed by atoms with Crippen LogP contribution < -0.4 is 5.32 Å². The van der Waals surface area contributed by atoms with Crippen LogP contribution in [0.1, 0.15) is 31.5 Å². The number of nitrogens with one attached hydrogen (secondary N) is 1. The summed E-state index contributed by atoms with van der Waals surface area (Å²) in [4.78, 5) is 4.15. The van der Waals surface area contributed by atoms with Crippen molar-refractivity contribution in [3.63, 3.8) is 0 Å². The van der Waals surface area contributed by atoms with Crippen LogP contribution in [-0.4, -0.2) is 36.4 Å². The fourth-order valence-electron chi connectivity index (χ4n) is 1.51. The number of methoxy groups -OCH3 is 1. The second kappa shape index (κ2) is 7.35. The van der Waals surface area contributed by atoms with Gasteiger partial charge in [-0.3, -0.25) is 0 Å². The minimum atomic E-state index is 0.439. The highest BCUT2D eigenvalue weighted by Gasteiger charge is 2.05. The minimum Gasteiger partial charge on any atom is -0.383 e. The van der Waals surface area contributed by atoms with Gasteiger partial charge in [-0.1, -0.05) is 12.1 Å². The quantitative estimate of drug-likeness (QED) is 0.679. The number of aryl methyl sites for hydroxylation is 2. The molecule has 1 rings (SSSR count). The Balaban J connectivity index is 2.11. The van der Waals surface area contributed by atoms with E-state index in [1.54, 1.807) is 7.11 Å². The van der Waals surface area contributed by atoms with Crippen molar-refractivity contribution in [3.05, 3.63) is 11.7 Å². The molecule has 0 spiro atoms. The van der Waals surface area contributed by atoms with Crippen LogP contribution in [0.5, 0.6) is 0 Å². The second-order valence-corrected chi connectivity index (χ2v) is 3.85. The van der Waals surface area contributed by atoms with Gasteiger partial charge in [0.25, 0.3) is 0 Å². The van der Waals surface area contributed by atoms with Gasteiger partial charge in [-0.15, -0.1) is 0 Å². The normalized spacial score (nSPS) is 12.9. The topological polar surface area (TPSA) is 60.2 Å². The van der Waals surface area contributed by atoms with E-state index in [2.05, 4.69) is 22.4 Å². The molecule has 5 heteroatoms. The first kappa shape index (κ1) is 13.1. The third-order valence-corrected chi connectivity index (χ3v) is 2.43. The van der Waals surface area contributed by atoms with Crippen LogP contribution in [-0.2, 0) is 11.2 Å². The zero-order valence-corrected chi connectivity index (χ0v) is 10.3. The van der Waals surface area contributed by atoms with E-state index in [-0.39, 0.29) is 0 Å². The van der Waals surface area contributed by atoms with Gasteiger partial charge >= 0.3 is 0 Å². The lowest BCUT2D eigenvalue weighted by atomic mass is 10.2. The molecular weight excluding hydrogens is 206 g/mol. The van der Waals surface area contributed by atoms with E-state index in [4.69, 9.17) is 9.26 Å². The lowest BCUT2D eigenvalue weighted by Crippen LogP contribution is -2.33. The Morgan fingerprint density at radius 3 is 2.88 bits per heavy atom. The van der Waals surface area contributed by atoms with E-state index in [1.807, 2.05) is 6.92 Å². The molecule has 0 bridgehead atoms. The number of hydrogen-bond acceptors (Lipinski definition) is 5. The number of hydrogen-bond donors (Lipinski definition) is 1. The second-order valence-electron chi connectivity index (χ2n) is 3.85. The van der Waals surface area contributed by atoms with Crippen LogP contribution in [0, 0.1) is 6.92 Å². The van der Waals surface area contributed by atoms with Gasteiger partial charge in [0, 0.05) is 19.6 Å². The summed E-state index contributed by atoms with van der Waals surface area (Å²) in [6.45, 7) is 5.69. The molecule has 92 valence electrons. The minimum absolute atomic E-state index is 0.439. The van der Waals surface area contributed by atoms with E-state index >= 15 is 0 Å². The van der Waals surface area contributed by atoms with Crippen molar-refractivity contribution >= 4 is 0 Å². The molecule has 0 saturated carbocycles. The maximum atomic E-state index is 5.11. The first-order valence-corrected chi connectivity index (χ1v) is 5.77. The molecule has 0 fully saturated rings. The lowest BCUT2D eigenvalue weighted by molar-refractivity contribution is 0.164. The molecule has 0 amide bonds. The number of aromatic nitrogens is 2. The Labute approximate surface area is 96.6 Å². The van der Waals surface area contributed by atoms with Crippen molar-refractivity contribution < 1.29 is 9.26 Å². The zero-order valence-electron chi connectivity index (χ0n) is 10.3. The van der Waals surface area contributed by atoms with E-state index < -0.39 is 0 Å². The summed E-state index contributed by atoms with van der Waals surface area (Å²) in [5.74, 6) is 1.42. The van der Waals surface area contributed by atoms with Crippen LogP contribution in [0.3, 0.4) is 0 Å². The molecule has 1 aromatic heterocycles. The summed E-state index contributed by atoms with van der Waals surface area (Å²) < 4.78 is 10.1. The van der Waals surface area contributed by atoms with Crippen molar-refractivity contribution in [3.8, 4) is 0 Å². The molecule has 0 aromatic carbocycles. The molecule has 0 radical (unpaired) electrons. The molecule has 1 aromatic rings. The standard InChI is InChI=1S/C11H21N3O2/c1-4-10(8-15-3)12-7-5-6-11-13-9(2)14-16-11/h10,12H,4-8H2,1-3H3. The van der Waals surface area contributed by atoms with Gasteiger partial charge in [-0.05, 0) is 26.3 Å². The molecule has 5 nitrogen and oxygen atoms in total. The maximum Gasteiger partial charge on any atom is 0.226 e. The largest absolute Gasteiger partial charge is 0.383 e. The molecule has 1 N–H and O–H groups in total. The van der Waals surface area contributed by atoms with Gasteiger partial charge < -0.3 is 14.6 Å². The van der Waals surface area contributed by atoms with Crippen LogP contribution in [0.25, 0.3) is 0 Å². The Morgan fingerprint density at radius 1 is 1.50 bits per heavy atom. The fourth-order valence-corrected chi connectivity index (χ4v) is 1.51. The first-order valence-electron chi connectivity index (χ1n) is 5.77. The van der Waals surface area contributed by atoms with Crippen LogP contribution in [0.4, 0.5) is 0 Å². The molecular formula is C11H21N3O2. The van der Waals surface area contributed by atoms with Crippen molar-refractivity contribution in [2.45, 2.75) is 39.2 Å². The van der Waals surface area contributed by atoms with Crippen LogP contribution in [0.15, 0.2) is 4.52 Å². The summed E-state index contributed by atoms with van der Waals surface area (Å²) in [6, 6.07) is 0.439. The number of nitrogens with zero attached hydrogens (tertiary/aromatic N) is 2. The highest BCUT2D eigenvalue weighted by molar-refractivity contribution is 4.82. The molecule has 16 heavy (non-hydrogen) atoms. The van der Waals surface area contributed by atoms with Gasteiger partial charge in [-0.2, -0.15) is 4.98 Å². The van der Waals surface area contributed by atoms with E-state index in [0.717, 1.165) is 38.3 Å². The summed E-state index contributed by atoms with van der Waals surface area (Å²) >= 11 is 0. The molecule has 0 aliphatic heterocycles. The van der Waals surface area contributed by atoms with Crippen molar-refractivity contribution in [1.29, 1.82) is 0 Å². The predicted molar refractivity (Wildman–Crippen MR) is 61.3 cm³/mol. The summed E-state index contributed by atoms with van der Waals surface area (Å²) in [5, 5.41) is 7.18. The summed E-state index contributed by atoms with van der Waals surface area (Å²) in [6.07, 6.45) is 2.91. The van der Waals surface area contributed by atoms with Crippen molar-refractivity contribution in [2.24, 2.45) is 0 Å². The van der Waals surface area contributed by atoms with Gasteiger partial charge in [0.15, 0.2) is 5.82 Å². The molecule has 0 aliphatic carbocycles. The van der Waals surface area contributed by atoms with E-state index in [9.17, 15) is 0 Å². The summed E-state index contributed by atoms with van der Waals surface area (Å²) in [7, 11) is 1.73. The molecule has 1 unspecified atom stereocenters. The first-order chi connectivity index (χ1) is 7.76. The Morgan fingerprint density at radius 2 is 2.31 bits per heavy atom. The predicted octanol–water partition coefficient (Wildman–Crippen LogP) is 1.33. The molecule has 1 atom stereocenters. The zero-order chi connectivity index (χ0) is 11.8. The SMILES string of the molecule is CCC(COC)NCCCc1nc(C)no1. The van der Waals surface area contributed by atoms with E-state index in [0.29, 0.717) is 11.9 Å². The van der Waals surface area contributed by atoms with Crippen molar-refractivity contribution in [1.82, 2.24) is 15.5 Å². The molecule has 1 heterocycles. The molecule has 0 aliphatic rings. The van der Waals surface area contributed by atoms with E-state index in [1.165, 1.54) is 0 Å². The number of rotatable bonds is 8. The summed E-state index contributed by atoms with van der Waals surface area (Å²) in [5.41, 5.74) is 0. The number of ether oxygens (including phenoxy) is 1. The Bertz CT molecular complexity index is 289. The Kier molecular flexibility index (Phi) is 6.03. The smallest absolute Gasteiger partial charge is 0.226 e. The monoisotopic (exact) mass is 227 g/mol. The third-order valence-electron chi connectivity index (χ3n) is 2.43. The average molecular weight is 227 g/mol. The van der Waals surface area contributed by atoms with Gasteiger partial charge in [0.2, 0.25) is 5.89 Å². The fraction of sp³-hybridized carbons (Fsp3) is 0.818. The third kappa shape index (κ3) is 4.72. The van der Waals surface area contributed by atoms with Crippen LogP contribution >= 0.6 is 0 Å². The van der Waals surface area contributed by atoms with Gasteiger partial charge in [0.1, 0.15) is 0 Å². The van der Waals surface area contributed by atoms with Gasteiger partial charge in [0.05, 0.1) is 6.61 Å². The van der Waals surface area contributed by atoms with Gasteiger partial charge in [-0.25, -0.2) is 0 Å². The van der Waals surface area contributed by atoms with Crippen molar-refractivity contribution in [2.75, 3.05) is 20.3 Å². The Hall–Kier alpha value is -0.940. The average Bonchev–Trinajstić information content (AvgIpc) is 2.69. The maximum absolute atomic E-state index is 5.11. The molecule has 0 saturated heterocycles. The van der Waals surface area contributed by atoms with Crippen LogP contribution in [0.2, 0.25) is 0 Å². The highest BCUT2D eigenvalue weighted by Crippen LogP contribution is 2.00. The highest BCUT2D eigenvalue weighted by atomic mass is 16.5.